The van der Waals surface area contributed by atoms with E-state index in [1.165, 1.54) is 29.5 Å². The van der Waals surface area contributed by atoms with Crippen LogP contribution in [0.3, 0.4) is 0 Å². The molecule has 0 radical (unpaired) electrons. The van der Waals surface area contributed by atoms with Gasteiger partial charge in [0.25, 0.3) is 5.91 Å². The molecule has 0 bridgehead atoms. The Balaban J connectivity index is 1.47. The molecule has 0 spiro atoms. The van der Waals surface area contributed by atoms with Gasteiger partial charge in [0.1, 0.15) is 0 Å². The van der Waals surface area contributed by atoms with Gasteiger partial charge in [0.15, 0.2) is 11.5 Å². The monoisotopic (exact) mass is 380 g/mol. The van der Waals surface area contributed by atoms with Crippen molar-refractivity contribution >= 4 is 33.8 Å². The van der Waals surface area contributed by atoms with Crippen molar-refractivity contribution < 1.29 is 27.8 Å². The van der Waals surface area contributed by atoms with Crippen LogP contribution in [0.5, 0.6) is 11.5 Å². The summed E-state index contributed by atoms with van der Waals surface area (Å²) in [5.74, 6) is -0.597. The van der Waals surface area contributed by atoms with E-state index in [2.05, 4.69) is 20.1 Å². The summed E-state index contributed by atoms with van der Waals surface area (Å²) >= 11 is 1.17. The zero-order chi connectivity index (χ0) is 18.5. The summed E-state index contributed by atoms with van der Waals surface area (Å²) in [6.07, 6.45) is -1.91. The van der Waals surface area contributed by atoms with Crippen molar-refractivity contribution in [3.63, 3.8) is 0 Å². The predicted octanol–water partition coefficient (Wildman–Crippen LogP) is 3.98. The molecule has 2 aromatic rings. The molecule has 2 amide bonds. The van der Waals surface area contributed by atoms with Crippen LogP contribution in [0.25, 0.3) is 0 Å². The quantitative estimate of drug-likeness (QED) is 0.841. The summed E-state index contributed by atoms with van der Waals surface area (Å²) < 4.78 is 34.8. The minimum absolute atomic E-state index is 0.0325. The Morgan fingerprint density at radius 3 is 2.62 bits per heavy atom. The topological polar surface area (TPSA) is 76.7 Å². The lowest BCUT2D eigenvalue weighted by Crippen LogP contribution is -2.25. The number of alkyl halides is 2. The smallest absolute Gasteiger partial charge is 0.395 e. The molecule has 0 saturated heterocycles. The molecule has 1 aliphatic carbocycles. The highest BCUT2D eigenvalue weighted by molar-refractivity contribution is 7.18. The third-order valence-electron chi connectivity index (χ3n) is 3.98. The lowest BCUT2D eigenvalue weighted by atomic mass is 10.2. The Bertz CT molecular complexity index is 908. The molecule has 2 aliphatic rings. The molecule has 1 aromatic heterocycles. The number of fused-ring (bicyclic) bond motifs is 1. The van der Waals surface area contributed by atoms with E-state index in [1.807, 2.05) is 0 Å². The third kappa shape index (κ3) is 3.34. The maximum absolute atomic E-state index is 13.1. The number of thiophene rings is 1. The van der Waals surface area contributed by atoms with Crippen LogP contribution in [0.4, 0.5) is 19.5 Å². The van der Waals surface area contributed by atoms with Gasteiger partial charge in [-0.1, -0.05) is 0 Å². The first kappa shape index (κ1) is 16.8. The molecule has 2 N–H and O–H groups in total. The van der Waals surface area contributed by atoms with Crippen LogP contribution in [-0.4, -0.2) is 18.1 Å². The summed E-state index contributed by atoms with van der Waals surface area (Å²) in [6.45, 7) is 1.76. The standard InChI is InChI=1S/C17H14F2N2O4S/c1-8-6-13(21-15(22)9-2-3-9)26-14(8)16(23)20-10-4-5-11-12(7-10)25-17(18,19)24-11/h4-7,9H,2-3H2,1H3,(H,20,23)(H,21,22). The number of rotatable bonds is 4. The molecule has 136 valence electrons. The summed E-state index contributed by atoms with van der Waals surface area (Å²) in [4.78, 5) is 24.7. The molecular formula is C17H14F2N2O4S. The van der Waals surface area contributed by atoms with Gasteiger partial charge in [-0.3, -0.25) is 9.59 Å². The Morgan fingerprint density at radius 2 is 1.88 bits per heavy atom. The first-order valence-electron chi connectivity index (χ1n) is 7.93. The number of ether oxygens (including phenoxy) is 2. The van der Waals surface area contributed by atoms with E-state index in [0.29, 0.717) is 21.1 Å². The Kier molecular flexibility index (Phi) is 3.83. The fourth-order valence-electron chi connectivity index (χ4n) is 2.55. The van der Waals surface area contributed by atoms with Crippen LogP contribution in [0.15, 0.2) is 24.3 Å². The van der Waals surface area contributed by atoms with Crippen molar-refractivity contribution in [1.82, 2.24) is 0 Å². The third-order valence-corrected chi connectivity index (χ3v) is 5.13. The van der Waals surface area contributed by atoms with Gasteiger partial charge in [-0.05, 0) is 43.5 Å². The van der Waals surface area contributed by atoms with Crippen LogP contribution >= 0.6 is 11.3 Å². The molecule has 1 aromatic carbocycles. The van der Waals surface area contributed by atoms with E-state index >= 15 is 0 Å². The van der Waals surface area contributed by atoms with Crippen molar-refractivity contribution in [2.24, 2.45) is 5.92 Å². The largest absolute Gasteiger partial charge is 0.586 e. The maximum Gasteiger partial charge on any atom is 0.586 e. The molecule has 0 unspecified atom stereocenters. The number of anilines is 2. The van der Waals surface area contributed by atoms with Gasteiger partial charge in [0.05, 0.1) is 9.88 Å². The zero-order valence-electron chi connectivity index (χ0n) is 13.6. The maximum atomic E-state index is 13.1. The minimum atomic E-state index is -3.70. The van der Waals surface area contributed by atoms with Crippen molar-refractivity contribution in [2.75, 3.05) is 10.6 Å². The fourth-order valence-corrected chi connectivity index (χ4v) is 3.52. The number of hydrogen-bond acceptors (Lipinski definition) is 5. The zero-order valence-corrected chi connectivity index (χ0v) is 14.4. The van der Waals surface area contributed by atoms with Crippen LogP contribution in [0.2, 0.25) is 0 Å². The second kappa shape index (κ2) is 5.94. The number of carbonyl (C=O) groups is 2. The van der Waals surface area contributed by atoms with E-state index in [0.717, 1.165) is 12.8 Å². The molecule has 1 fully saturated rings. The Labute approximate surface area is 151 Å². The van der Waals surface area contributed by atoms with Gasteiger partial charge in [0.2, 0.25) is 5.91 Å². The molecule has 1 saturated carbocycles. The summed E-state index contributed by atoms with van der Waals surface area (Å²) in [5, 5.41) is 6.05. The van der Waals surface area contributed by atoms with Gasteiger partial charge in [0, 0.05) is 17.7 Å². The second-order valence-electron chi connectivity index (χ2n) is 6.17. The Morgan fingerprint density at radius 1 is 1.15 bits per heavy atom. The van der Waals surface area contributed by atoms with Crippen LogP contribution in [0.1, 0.15) is 28.1 Å². The number of nitrogens with one attached hydrogen (secondary N) is 2. The van der Waals surface area contributed by atoms with E-state index in [-0.39, 0.29) is 23.3 Å². The fraction of sp³-hybridized carbons (Fsp3) is 0.294. The summed E-state index contributed by atoms with van der Waals surface area (Å²) in [7, 11) is 0. The van der Waals surface area contributed by atoms with Crippen LogP contribution in [-0.2, 0) is 4.79 Å². The van der Waals surface area contributed by atoms with Gasteiger partial charge < -0.3 is 20.1 Å². The van der Waals surface area contributed by atoms with Gasteiger partial charge in [-0.2, -0.15) is 0 Å². The van der Waals surface area contributed by atoms with Crippen molar-refractivity contribution in [2.45, 2.75) is 26.1 Å². The second-order valence-corrected chi connectivity index (χ2v) is 7.22. The molecular weight excluding hydrogens is 366 g/mol. The highest BCUT2D eigenvalue weighted by Gasteiger charge is 2.43. The first-order valence-corrected chi connectivity index (χ1v) is 8.75. The van der Waals surface area contributed by atoms with Crippen molar-refractivity contribution in [3.05, 3.63) is 34.7 Å². The summed E-state index contributed by atoms with van der Waals surface area (Å²) in [6, 6.07) is 5.75. The number of hydrogen-bond donors (Lipinski definition) is 2. The van der Waals surface area contributed by atoms with Gasteiger partial charge in [-0.25, -0.2) is 0 Å². The highest BCUT2D eigenvalue weighted by atomic mass is 32.1. The highest BCUT2D eigenvalue weighted by Crippen LogP contribution is 2.42. The minimum Gasteiger partial charge on any atom is -0.395 e. The van der Waals surface area contributed by atoms with Crippen molar-refractivity contribution in [1.29, 1.82) is 0 Å². The average Bonchev–Trinajstić information content (AvgIpc) is 3.27. The first-order chi connectivity index (χ1) is 12.3. The number of amides is 2. The molecule has 2 heterocycles. The number of benzene rings is 1. The SMILES string of the molecule is Cc1cc(NC(=O)C2CC2)sc1C(=O)Nc1ccc2c(c1)OC(F)(F)O2. The number of aryl methyl sites for hydroxylation is 1. The van der Waals surface area contributed by atoms with Crippen LogP contribution in [0, 0.1) is 12.8 Å². The van der Waals surface area contributed by atoms with Gasteiger partial charge >= 0.3 is 6.29 Å². The molecule has 6 nitrogen and oxygen atoms in total. The summed E-state index contributed by atoms with van der Waals surface area (Å²) in [5.41, 5.74) is 1.01. The normalized spacial score (nSPS) is 17.0. The average molecular weight is 380 g/mol. The van der Waals surface area contributed by atoms with Crippen LogP contribution < -0.4 is 20.1 Å². The van der Waals surface area contributed by atoms with E-state index in [4.69, 9.17) is 0 Å². The van der Waals surface area contributed by atoms with Crippen molar-refractivity contribution in [3.8, 4) is 11.5 Å². The van der Waals surface area contributed by atoms with E-state index < -0.39 is 12.2 Å². The lowest BCUT2D eigenvalue weighted by Gasteiger charge is -2.05. The lowest BCUT2D eigenvalue weighted by molar-refractivity contribution is -0.286. The molecule has 26 heavy (non-hydrogen) atoms. The molecule has 1 aliphatic heterocycles. The molecule has 0 atom stereocenters. The van der Waals surface area contributed by atoms with E-state index in [1.54, 1.807) is 13.0 Å². The molecule has 4 rings (SSSR count). The number of carbonyl (C=O) groups excluding carboxylic acids is 2. The van der Waals surface area contributed by atoms with E-state index in [9.17, 15) is 18.4 Å². The Hall–Kier alpha value is -2.68. The number of halogens is 2. The van der Waals surface area contributed by atoms with Gasteiger partial charge in [-0.15, -0.1) is 20.1 Å². The predicted molar refractivity (Wildman–Crippen MR) is 91.0 cm³/mol. The molecule has 9 heteroatoms.